The zero-order valence-corrected chi connectivity index (χ0v) is 36.4. The van der Waals surface area contributed by atoms with Gasteiger partial charge < -0.3 is 44.6 Å². The summed E-state index contributed by atoms with van der Waals surface area (Å²) < 4.78 is 15.4. The number of rotatable bonds is 10. The predicted molar refractivity (Wildman–Crippen MR) is 235 cm³/mol. The number of likely N-dealkylation sites (tertiary alicyclic amines) is 2. The molecule has 3 saturated heterocycles. The fourth-order valence-corrected chi connectivity index (χ4v) is 11.4. The van der Waals surface area contributed by atoms with E-state index in [1.165, 1.54) is 14.2 Å². The summed E-state index contributed by atoms with van der Waals surface area (Å²) in [5.74, 6) is 2.32. The summed E-state index contributed by atoms with van der Waals surface area (Å²) in [5, 5.41) is 7.73. The van der Waals surface area contributed by atoms with Crippen molar-refractivity contribution in [1.82, 2.24) is 40.4 Å². The molecule has 5 heterocycles. The standard InChI is InChI=1S/C48H56N8O7/c1-24(2)38(53-47(59)61-4)45(57)55-32-13-10-31(21-32)42(55)44-49-23-36(51-44)27-8-6-26(7-9-27)29-11-14-33-30(20-29)12-15-35-40(33)52-43(50-35)37-22-34-25(3)41(34)56(37)46(58)39(54-48(60)62-5)28-16-18-63-19-17-28/h6-9,11-12,14-15,20,23-25,28,31-32,34,37-39,41-42H,10,13,16-19,21-22H2,1-5H3,(H,49,51)(H,50,52)(H,53,59)(H,54,60)/t25-,31+,32-,34+,37?,38+,39+,41-,42+/m1/s1. The Bertz CT molecular complexity index is 2560. The summed E-state index contributed by atoms with van der Waals surface area (Å²) in [6, 6.07) is 17.5. The highest BCUT2D eigenvalue weighted by atomic mass is 16.5. The summed E-state index contributed by atoms with van der Waals surface area (Å²) >= 11 is 0. The molecule has 5 fully saturated rings. The van der Waals surface area contributed by atoms with Crippen molar-refractivity contribution in [1.29, 1.82) is 0 Å². The lowest BCUT2D eigenvalue weighted by Crippen LogP contribution is -2.54. The molecule has 5 aliphatic rings. The number of amides is 4. The molecule has 4 amide bonds. The average Bonchev–Trinajstić information content (AvgIpc) is 4.04. The zero-order valence-electron chi connectivity index (χ0n) is 36.4. The molecule has 3 aromatic carbocycles. The molecule has 3 aliphatic heterocycles. The third-order valence-corrected chi connectivity index (χ3v) is 14.8. The average molecular weight is 857 g/mol. The molecule has 330 valence electrons. The number of carbonyl (C=O) groups excluding carboxylic acids is 4. The van der Waals surface area contributed by atoms with E-state index in [0.29, 0.717) is 43.8 Å². The molecule has 0 radical (unpaired) electrons. The third kappa shape index (κ3) is 7.27. The quantitative estimate of drug-likeness (QED) is 0.112. The van der Waals surface area contributed by atoms with Crippen LogP contribution in [0.3, 0.4) is 0 Å². The Labute approximate surface area is 366 Å². The van der Waals surface area contributed by atoms with Crippen LogP contribution in [0.25, 0.3) is 44.2 Å². The molecule has 2 aromatic heterocycles. The monoisotopic (exact) mass is 856 g/mol. The van der Waals surface area contributed by atoms with Crippen molar-refractivity contribution < 1.29 is 33.4 Å². The number of imidazole rings is 2. The van der Waals surface area contributed by atoms with E-state index in [2.05, 4.69) is 82.1 Å². The molecule has 5 aromatic rings. The Balaban J connectivity index is 0.873. The number of aromatic nitrogens is 4. The normalized spacial score (nSPS) is 26.2. The maximum atomic E-state index is 14.5. The van der Waals surface area contributed by atoms with E-state index in [9.17, 15) is 19.2 Å². The topological polar surface area (TPSA) is 184 Å². The third-order valence-electron chi connectivity index (χ3n) is 14.8. The van der Waals surface area contributed by atoms with Crippen LogP contribution < -0.4 is 10.6 Å². The second kappa shape index (κ2) is 16.3. The largest absolute Gasteiger partial charge is 0.453 e. The number of fused-ring (bicyclic) bond motifs is 6. The van der Waals surface area contributed by atoms with E-state index in [1.54, 1.807) is 0 Å². The highest BCUT2D eigenvalue weighted by Crippen LogP contribution is 2.58. The molecular formula is C48H56N8O7. The zero-order chi connectivity index (χ0) is 43.7. The predicted octanol–water partition coefficient (Wildman–Crippen LogP) is 7.26. The lowest BCUT2D eigenvalue weighted by atomic mass is 9.90. The molecule has 15 nitrogen and oxygen atoms in total. The van der Waals surface area contributed by atoms with Crippen molar-refractivity contribution in [2.75, 3.05) is 27.4 Å². The van der Waals surface area contributed by atoms with Crippen LogP contribution in [0.15, 0.2) is 60.8 Å². The molecule has 4 N–H and O–H groups in total. The molecule has 0 spiro atoms. The number of piperidine rings is 2. The van der Waals surface area contributed by atoms with Crippen LogP contribution in [0.2, 0.25) is 0 Å². The van der Waals surface area contributed by atoms with Gasteiger partial charge in [0.1, 0.15) is 23.7 Å². The van der Waals surface area contributed by atoms with E-state index in [4.69, 9.17) is 24.2 Å². The Hall–Kier alpha value is -5.96. The number of carbonyl (C=O) groups is 4. The fraction of sp³-hybridized carbons (Fsp3) is 0.500. The minimum atomic E-state index is -0.692. The van der Waals surface area contributed by atoms with Crippen molar-refractivity contribution >= 4 is 45.8 Å². The van der Waals surface area contributed by atoms with Crippen LogP contribution >= 0.6 is 0 Å². The summed E-state index contributed by atoms with van der Waals surface area (Å²) in [6.45, 7) is 7.18. The minimum Gasteiger partial charge on any atom is -0.453 e. The van der Waals surface area contributed by atoms with Crippen molar-refractivity contribution in [3.63, 3.8) is 0 Å². The lowest BCUT2D eigenvalue weighted by molar-refractivity contribution is -0.139. The highest BCUT2D eigenvalue weighted by Gasteiger charge is 2.62. The Morgan fingerprint density at radius 2 is 1.54 bits per heavy atom. The van der Waals surface area contributed by atoms with Crippen LogP contribution in [0.5, 0.6) is 0 Å². The van der Waals surface area contributed by atoms with E-state index in [0.717, 1.165) is 81.5 Å². The molecule has 1 unspecified atom stereocenters. The van der Waals surface area contributed by atoms with E-state index in [1.807, 2.05) is 29.8 Å². The number of hydrogen-bond acceptors (Lipinski definition) is 9. The van der Waals surface area contributed by atoms with Gasteiger partial charge >= 0.3 is 12.2 Å². The van der Waals surface area contributed by atoms with Crippen molar-refractivity contribution in [2.45, 2.75) is 95.5 Å². The molecule has 2 saturated carbocycles. The number of ether oxygens (including phenoxy) is 3. The second-order valence-electron chi connectivity index (χ2n) is 18.6. The Morgan fingerprint density at radius 1 is 0.810 bits per heavy atom. The van der Waals surface area contributed by atoms with Crippen molar-refractivity contribution in [3.05, 3.63) is 72.4 Å². The van der Waals surface area contributed by atoms with Gasteiger partial charge in [-0.2, -0.15) is 0 Å². The van der Waals surface area contributed by atoms with Crippen molar-refractivity contribution in [2.24, 2.45) is 29.6 Å². The first-order valence-corrected chi connectivity index (χ1v) is 22.5. The van der Waals surface area contributed by atoms with E-state index in [-0.39, 0.29) is 47.8 Å². The smallest absolute Gasteiger partial charge is 0.407 e. The minimum absolute atomic E-state index is 0.0352. The highest BCUT2D eigenvalue weighted by molar-refractivity contribution is 6.05. The van der Waals surface area contributed by atoms with E-state index >= 15 is 0 Å². The SMILES string of the molecule is COC(=O)N[C@H](C(=O)N1[C@@H]2CC[C@@H](C2)[C@H]1c1ncc(-c2ccc(-c3ccc4c(ccc5[nH]c(C6C[C@H]7[C@@H](C)[C@H]7N6C(=O)[C@@H](NC(=O)OC)C6CCOCC6)nc54)c3)cc2)[nH]1)C(C)C. The fourth-order valence-electron chi connectivity index (χ4n) is 11.4. The number of nitrogens with one attached hydrogen (secondary N) is 4. The van der Waals surface area contributed by atoms with Gasteiger partial charge in [-0.3, -0.25) is 9.59 Å². The van der Waals surface area contributed by atoms with Gasteiger partial charge in [0, 0.05) is 30.7 Å². The molecule has 63 heavy (non-hydrogen) atoms. The van der Waals surface area contributed by atoms with Crippen LogP contribution in [-0.4, -0.2) is 105 Å². The van der Waals surface area contributed by atoms with Gasteiger partial charge in [0.05, 0.1) is 49.2 Å². The number of hydrogen-bond donors (Lipinski definition) is 4. The Kier molecular flexibility index (Phi) is 10.6. The Morgan fingerprint density at radius 3 is 2.29 bits per heavy atom. The summed E-state index contributed by atoms with van der Waals surface area (Å²) in [7, 11) is 2.63. The molecule has 9 atom stereocenters. The maximum Gasteiger partial charge on any atom is 0.407 e. The molecule has 10 rings (SSSR count). The first-order chi connectivity index (χ1) is 30.5. The number of aromatic amines is 2. The van der Waals surface area contributed by atoms with E-state index < -0.39 is 24.3 Å². The first kappa shape index (κ1) is 41.1. The number of H-pyrrole nitrogens is 2. The molecule has 2 bridgehead atoms. The van der Waals surface area contributed by atoms with Crippen LogP contribution in [0.4, 0.5) is 9.59 Å². The van der Waals surface area contributed by atoms with Gasteiger partial charge in [-0.15, -0.1) is 0 Å². The molecule has 2 aliphatic carbocycles. The number of alkyl carbamates (subject to hydrolysis) is 2. The molecule has 15 heteroatoms. The second-order valence-corrected chi connectivity index (χ2v) is 18.6. The summed E-state index contributed by atoms with van der Waals surface area (Å²) in [6.07, 6.45) is 5.76. The maximum absolute atomic E-state index is 14.5. The van der Waals surface area contributed by atoms with Gasteiger partial charge in [0.25, 0.3) is 0 Å². The van der Waals surface area contributed by atoms with Gasteiger partial charge in [-0.1, -0.05) is 63.2 Å². The summed E-state index contributed by atoms with van der Waals surface area (Å²) in [5.41, 5.74) is 5.79. The number of nitrogens with zero attached hydrogens (tertiary/aromatic N) is 4. The van der Waals surface area contributed by atoms with Gasteiger partial charge in [-0.05, 0) is 102 Å². The molecular weight excluding hydrogens is 801 g/mol. The van der Waals surface area contributed by atoms with Crippen LogP contribution in [-0.2, 0) is 23.8 Å². The van der Waals surface area contributed by atoms with Gasteiger partial charge in [0.2, 0.25) is 11.8 Å². The van der Waals surface area contributed by atoms with Gasteiger partial charge in [0.15, 0.2) is 0 Å². The first-order valence-electron chi connectivity index (χ1n) is 22.5. The van der Waals surface area contributed by atoms with Gasteiger partial charge in [-0.25, -0.2) is 19.6 Å². The lowest BCUT2D eigenvalue weighted by Gasteiger charge is -2.37. The van der Waals surface area contributed by atoms with Crippen LogP contribution in [0, 0.1) is 29.6 Å². The van der Waals surface area contributed by atoms with Crippen molar-refractivity contribution in [3.8, 4) is 22.4 Å². The summed E-state index contributed by atoms with van der Waals surface area (Å²) in [4.78, 5) is 74.2. The number of methoxy groups -OCH3 is 2. The van der Waals surface area contributed by atoms with Crippen LogP contribution in [0.1, 0.15) is 83.0 Å². The number of benzene rings is 3.